The number of carbonyl (C=O) groups excluding carboxylic acids is 4. The fourth-order valence-electron chi connectivity index (χ4n) is 4.92. The van der Waals surface area contributed by atoms with Crippen LogP contribution in [0.2, 0.25) is 5.02 Å². The average molecular weight is 586 g/mol. The molecule has 3 amide bonds. The summed E-state index contributed by atoms with van der Waals surface area (Å²) in [4.78, 5) is 54.5. The summed E-state index contributed by atoms with van der Waals surface area (Å²) in [6.45, 7) is 8.27. The zero-order chi connectivity index (χ0) is 29.7. The van der Waals surface area contributed by atoms with E-state index in [9.17, 15) is 19.2 Å². The summed E-state index contributed by atoms with van der Waals surface area (Å²) in [5.74, 6) is -1.18. The summed E-state index contributed by atoms with van der Waals surface area (Å²) in [6, 6.07) is 13.4. The Labute approximate surface area is 244 Å². The minimum Gasteiger partial charge on any atom is -0.462 e. The zero-order valence-electron chi connectivity index (χ0n) is 23.7. The number of nitrogens with zero attached hydrogens (tertiary/aromatic N) is 2. The van der Waals surface area contributed by atoms with E-state index in [0.717, 1.165) is 5.56 Å². The number of hydrogen-bond acceptors (Lipinski definition) is 7. The molecule has 0 aromatic heterocycles. The maximum absolute atomic E-state index is 13.6. The minimum absolute atomic E-state index is 0.207. The largest absolute Gasteiger partial charge is 0.462 e. The van der Waals surface area contributed by atoms with Crippen LogP contribution in [0.1, 0.15) is 50.0 Å². The summed E-state index contributed by atoms with van der Waals surface area (Å²) in [7, 11) is 0. The summed E-state index contributed by atoms with van der Waals surface area (Å²) in [5.41, 5.74) is 1.14. The number of morpholine rings is 1. The number of amides is 3. The van der Waals surface area contributed by atoms with Crippen LogP contribution in [0.4, 0.5) is 10.5 Å². The topological polar surface area (TPSA) is 114 Å². The van der Waals surface area contributed by atoms with E-state index < -0.39 is 35.8 Å². The smallest absolute Gasteiger partial charge is 0.410 e. The molecule has 220 valence electrons. The van der Waals surface area contributed by atoms with Gasteiger partial charge in [0.2, 0.25) is 5.91 Å². The normalized spacial score (nSPS) is 20.4. The lowest BCUT2D eigenvalue weighted by molar-refractivity contribution is -0.168. The van der Waals surface area contributed by atoms with Crippen LogP contribution in [0.25, 0.3) is 0 Å². The van der Waals surface area contributed by atoms with Gasteiger partial charge >= 0.3 is 12.1 Å². The standard InChI is InChI=1S/C30H36ClN3O7/c1-5-39-28(37)20-9-11-22(12-10-20)32-26(35)16-24-27(36)34(14-13-19-7-6-8-21(31)15-19)23-17-33(18-25(23)40-24)29(38)41-30(2,3)4/h6-12,15,23-25H,5,13-14,16-18H2,1-4H3,(H,32,35). The summed E-state index contributed by atoms with van der Waals surface area (Å²) >= 11 is 6.15. The lowest BCUT2D eigenvalue weighted by atomic mass is 10.0. The first kappa shape index (κ1) is 30.3. The lowest BCUT2D eigenvalue weighted by Crippen LogP contribution is -2.59. The molecule has 2 aliphatic heterocycles. The van der Waals surface area contributed by atoms with Crippen LogP contribution in [-0.2, 0) is 30.2 Å². The van der Waals surface area contributed by atoms with Crippen molar-refractivity contribution in [3.8, 4) is 0 Å². The molecular weight excluding hydrogens is 550 g/mol. The van der Waals surface area contributed by atoms with Gasteiger partial charge in [-0.1, -0.05) is 23.7 Å². The number of esters is 1. The van der Waals surface area contributed by atoms with Crippen LogP contribution >= 0.6 is 11.6 Å². The summed E-state index contributed by atoms with van der Waals surface area (Å²) in [6.07, 6.45) is -1.62. The number of halogens is 1. The number of anilines is 1. The fourth-order valence-corrected chi connectivity index (χ4v) is 5.13. The van der Waals surface area contributed by atoms with Gasteiger partial charge in [-0.05, 0) is 76.1 Å². The Morgan fingerprint density at radius 2 is 1.83 bits per heavy atom. The van der Waals surface area contributed by atoms with Gasteiger partial charge in [-0.25, -0.2) is 9.59 Å². The van der Waals surface area contributed by atoms with E-state index in [1.807, 2.05) is 18.2 Å². The quantitative estimate of drug-likeness (QED) is 0.459. The van der Waals surface area contributed by atoms with E-state index in [-0.39, 0.29) is 38.1 Å². The number of fused-ring (bicyclic) bond motifs is 1. The molecule has 11 heteroatoms. The van der Waals surface area contributed by atoms with Gasteiger partial charge in [0.15, 0.2) is 0 Å². The van der Waals surface area contributed by atoms with Gasteiger partial charge in [0.05, 0.1) is 37.3 Å². The molecule has 0 aliphatic carbocycles. The second-order valence-corrected chi connectivity index (χ2v) is 11.5. The molecule has 2 saturated heterocycles. The Bertz CT molecular complexity index is 1280. The van der Waals surface area contributed by atoms with Gasteiger partial charge in [0.25, 0.3) is 5.91 Å². The van der Waals surface area contributed by atoms with Crippen LogP contribution in [0, 0.1) is 0 Å². The van der Waals surface area contributed by atoms with E-state index in [1.54, 1.807) is 67.8 Å². The van der Waals surface area contributed by atoms with E-state index in [4.69, 9.17) is 25.8 Å². The Morgan fingerprint density at radius 1 is 1.10 bits per heavy atom. The van der Waals surface area contributed by atoms with Crippen molar-refractivity contribution in [2.75, 3.05) is 31.6 Å². The number of likely N-dealkylation sites (tertiary alicyclic amines) is 1. The molecule has 41 heavy (non-hydrogen) atoms. The molecular formula is C30H36ClN3O7. The third-order valence-electron chi connectivity index (χ3n) is 6.77. The monoisotopic (exact) mass is 585 g/mol. The number of hydrogen-bond donors (Lipinski definition) is 1. The molecule has 4 rings (SSSR count). The van der Waals surface area contributed by atoms with Crippen LogP contribution < -0.4 is 5.32 Å². The first-order chi connectivity index (χ1) is 19.4. The Kier molecular flexibility index (Phi) is 9.55. The minimum atomic E-state index is -1.02. The maximum atomic E-state index is 13.6. The third-order valence-corrected chi connectivity index (χ3v) is 7.00. The molecule has 2 fully saturated rings. The number of rotatable bonds is 8. The molecule has 2 aliphatic rings. The number of carbonyl (C=O) groups is 4. The van der Waals surface area contributed by atoms with Crippen LogP contribution in [0.3, 0.4) is 0 Å². The van der Waals surface area contributed by atoms with Gasteiger partial charge in [0, 0.05) is 23.8 Å². The molecule has 2 aromatic rings. The molecule has 0 spiro atoms. The average Bonchev–Trinajstić information content (AvgIpc) is 3.32. The van der Waals surface area contributed by atoms with Gasteiger partial charge in [-0.2, -0.15) is 0 Å². The van der Waals surface area contributed by atoms with Crippen molar-refractivity contribution in [3.63, 3.8) is 0 Å². The highest BCUT2D eigenvalue weighted by Gasteiger charge is 2.49. The second kappa shape index (κ2) is 12.9. The van der Waals surface area contributed by atoms with Gasteiger partial charge in [0.1, 0.15) is 11.7 Å². The fraction of sp³-hybridized carbons (Fsp3) is 0.467. The van der Waals surface area contributed by atoms with Gasteiger partial charge < -0.3 is 29.3 Å². The van der Waals surface area contributed by atoms with Crippen molar-refractivity contribution >= 4 is 41.2 Å². The van der Waals surface area contributed by atoms with E-state index >= 15 is 0 Å². The predicted molar refractivity (Wildman–Crippen MR) is 153 cm³/mol. The summed E-state index contributed by atoms with van der Waals surface area (Å²) in [5, 5.41) is 3.37. The molecule has 2 aromatic carbocycles. The highest BCUT2D eigenvalue weighted by Crippen LogP contribution is 2.29. The predicted octanol–water partition coefficient (Wildman–Crippen LogP) is 4.30. The first-order valence-corrected chi connectivity index (χ1v) is 14.1. The molecule has 3 atom stereocenters. The Hall–Kier alpha value is -3.63. The molecule has 10 nitrogen and oxygen atoms in total. The van der Waals surface area contributed by atoms with E-state index in [0.29, 0.717) is 29.2 Å². The third kappa shape index (κ3) is 7.98. The lowest BCUT2D eigenvalue weighted by Gasteiger charge is -2.40. The number of ether oxygens (including phenoxy) is 3. The zero-order valence-corrected chi connectivity index (χ0v) is 24.5. The van der Waals surface area contributed by atoms with Crippen molar-refractivity contribution in [2.24, 2.45) is 0 Å². The molecule has 1 N–H and O–H groups in total. The van der Waals surface area contributed by atoms with Crippen LogP contribution in [-0.4, -0.2) is 83.8 Å². The molecule has 0 radical (unpaired) electrons. The van der Waals surface area contributed by atoms with Crippen molar-refractivity contribution in [3.05, 3.63) is 64.7 Å². The van der Waals surface area contributed by atoms with Crippen molar-refractivity contribution < 1.29 is 33.4 Å². The molecule has 0 saturated carbocycles. The Morgan fingerprint density at radius 3 is 2.49 bits per heavy atom. The SMILES string of the molecule is CCOC(=O)c1ccc(NC(=O)CC2OC3CN(C(=O)OC(C)(C)C)CC3N(CCc3cccc(Cl)c3)C2=O)cc1. The molecule has 3 unspecified atom stereocenters. The van der Waals surface area contributed by atoms with Gasteiger partial charge in [-0.3, -0.25) is 9.59 Å². The molecule has 0 bridgehead atoms. The van der Waals surface area contributed by atoms with Crippen molar-refractivity contribution in [1.29, 1.82) is 0 Å². The van der Waals surface area contributed by atoms with Crippen LogP contribution in [0.15, 0.2) is 48.5 Å². The van der Waals surface area contributed by atoms with Crippen molar-refractivity contribution in [2.45, 2.75) is 64.4 Å². The first-order valence-electron chi connectivity index (χ1n) is 13.7. The van der Waals surface area contributed by atoms with E-state index in [1.165, 1.54) is 0 Å². The van der Waals surface area contributed by atoms with Crippen molar-refractivity contribution in [1.82, 2.24) is 9.80 Å². The number of benzene rings is 2. The highest BCUT2D eigenvalue weighted by molar-refractivity contribution is 6.30. The highest BCUT2D eigenvalue weighted by atomic mass is 35.5. The van der Waals surface area contributed by atoms with Crippen LogP contribution in [0.5, 0.6) is 0 Å². The maximum Gasteiger partial charge on any atom is 0.410 e. The molecule has 2 heterocycles. The van der Waals surface area contributed by atoms with Gasteiger partial charge in [-0.15, -0.1) is 0 Å². The second-order valence-electron chi connectivity index (χ2n) is 11.1. The van der Waals surface area contributed by atoms with E-state index in [2.05, 4.69) is 5.32 Å². The summed E-state index contributed by atoms with van der Waals surface area (Å²) < 4.78 is 16.7. The Balaban J connectivity index is 1.46. The number of nitrogens with one attached hydrogen (secondary N) is 1.